The molecule has 2 aromatic carbocycles. The molecule has 9 nitrogen and oxygen atoms in total. The first-order chi connectivity index (χ1) is 16.5. The minimum absolute atomic E-state index is 0.0935. The number of fused-ring (bicyclic) bond motifs is 1. The van der Waals surface area contributed by atoms with Crippen LogP contribution >= 0.6 is 0 Å². The van der Waals surface area contributed by atoms with E-state index >= 15 is 0 Å². The normalized spacial score (nSPS) is 22.2. The third-order valence-corrected chi connectivity index (χ3v) is 6.98. The lowest BCUT2D eigenvalue weighted by molar-refractivity contribution is -0.384. The molecular formula is C25H26N4O5. The van der Waals surface area contributed by atoms with Gasteiger partial charge in [0.2, 0.25) is 11.8 Å². The number of nitro groups is 1. The van der Waals surface area contributed by atoms with Gasteiger partial charge in [0.05, 0.1) is 29.6 Å². The van der Waals surface area contributed by atoms with Crippen LogP contribution in [0.1, 0.15) is 12.8 Å². The molecule has 0 unspecified atom stereocenters. The van der Waals surface area contributed by atoms with Crippen molar-refractivity contribution in [3.05, 3.63) is 64.7 Å². The first kappa shape index (κ1) is 21.9. The van der Waals surface area contributed by atoms with E-state index in [0.717, 1.165) is 16.3 Å². The Morgan fingerprint density at radius 1 is 0.853 bits per heavy atom. The van der Waals surface area contributed by atoms with E-state index in [1.807, 2.05) is 41.3 Å². The molecule has 2 aliphatic heterocycles. The predicted molar refractivity (Wildman–Crippen MR) is 128 cm³/mol. The lowest BCUT2D eigenvalue weighted by atomic mass is 9.85. The van der Waals surface area contributed by atoms with Gasteiger partial charge in [0.15, 0.2) is 0 Å². The van der Waals surface area contributed by atoms with Gasteiger partial charge in [-0.05, 0) is 49.2 Å². The Balaban J connectivity index is 1.35. The highest BCUT2D eigenvalue weighted by Crippen LogP contribution is 2.40. The maximum absolute atomic E-state index is 12.9. The SMILES string of the molecule is COc1ccc(N2CCN(c3ccc(N4C(=O)[C@H]5CC=CC[C@@H]5C4=O)cc3[N+](=O)[O-])CC2)cc1. The molecule has 3 aliphatic rings. The molecule has 2 saturated heterocycles. The number of rotatable bonds is 5. The topological polar surface area (TPSA) is 96.2 Å². The van der Waals surface area contributed by atoms with Crippen molar-refractivity contribution in [2.75, 3.05) is 48.0 Å². The number of carbonyl (C=O) groups is 2. The van der Waals surface area contributed by atoms with Crippen LogP contribution in [0.5, 0.6) is 5.75 Å². The molecule has 0 radical (unpaired) electrons. The molecule has 2 fully saturated rings. The highest BCUT2D eigenvalue weighted by atomic mass is 16.6. The van der Waals surface area contributed by atoms with Crippen LogP contribution in [0.4, 0.5) is 22.7 Å². The van der Waals surface area contributed by atoms with E-state index in [-0.39, 0.29) is 35.0 Å². The van der Waals surface area contributed by atoms with Crippen molar-refractivity contribution in [3.8, 4) is 5.75 Å². The number of hydrogen-bond donors (Lipinski definition) is 0. The van der Waals surface area contributed by atoms with E-state index in [9.17, 15) is 19.7 Å². The molecule has 0 aromatic heterocycles. The average molecular weight is 463 g/mol. The van der Waals surface area contributed by atoms with E-state index < -0.39 is 4.92 Å². The fourth-order valence-corrected chi connectivity index (χ4v) is 5.12. The number of allylic oxidation sites excluding steroid dienone is 2. The van der Waals surface area contributed by atoms with Gasteiger partial charge in [-0.2, -0.15) is 0 Å². The largest absolute Gasteiger partial charge is 0.497 e. The minimum Gasteiger partial charge on any atom is -0.497 e. The summed E-state index contributed by atoms with van der Waals surface area (Å²) >= 11 is 0. The van der Waals surface area contributed by atoms with Gasteiger partial charge in [0, 0.05) is 37.9 Å². The van der Waals surface area contributed by atoms with Crippen LogP contribution in [0.25, 0.3) is 0 Å². The number of amides is 2. The number of imide groups is 1. The lowest BCUT2D eigenvalue weighted by Crippen LogP contribution is -2.46. The Morgan fingerprint density at radius 3 is 1.97 bits per heavy atom. The van der Waals surface area contributed by atoms with Crippen LogP contribution in [0, 0.1) is 22.0 Å². The molecule has 9 heteroatoms. The molecule has 34 heavy (non-hydrogen) atoms. The standard InChI is InChI=1S/C25H26N4O5/c1-34-19-9-6-17(7-10-19)26-12-14-27(15-13-26)22-11-8-18(16-23(22)29(32)33)28-24(30)20-4-2-3-5-21(20)25(28)31/h2-3,6-11,16,20-21H,4-5,12-15H2,1H3/t20-,21-/m0/s1. The number of ether oxygens (including phenoxy) is 1. The van der Waals surface area contributed by atoms with Crippen LogP contribution in [0.2, 0.25) is 0 Å². The zero-order valence-corrected chi connectivity index (χ0v) is 18.9. The zero-order chi connectivity index (χ0) is 23.8. The first-order valence-corrected chi connectivity index (χ1v) is 11.4. The molecule has 5 rings (SSSR count). The van der Waals surface area contributed by atoms with Gasteiger partial charge in [0.1, 0.15) is 11.4 Å². The lowest BCUT2D eigenvalue weighted by Gasteiger charge is -2.37. The molecule has 2 amide bonds. The summed E-state index contributed by atoms with van der Waals surface area (Å²) < 4.78 is 5.22. The molecule has 2 heterocycles. The third kappa shape index (κ3) is 3.76. The Hall–Kier alpha value is -3.88. The Bertz CT molecular complexity index is 1130. The molecule has 0 saturated carbocycles. The van der Waals surface area contributed by atoms with Crippen molar-refractivity contribution in [1.29, 1.82) is 0 Å². The minimum atomic E-state index is -0.436. The Kier molecular flexibility index (Phi) is 5.69. The Morgan fingerprint density at radius 2 is 1.41 bits per heavy atom. The van der Waals surface area contributed by atoms with Gasteiger partial charge in [0.25, 0.3) is 5.69 Å². The van der Waals surface area contributed by atoms with Crippen LogP contribution in [-0.2, 0) is 9.59 Å². The van der Waals surface area contributed by atoms with E-state index in [1.165, 1.54) is 6.07 Å². The molecule has 1 aliphatic carbocycles. The first-order valence-electron chi connectivity index (χ1n) is 11.4. The smallest absolute Gasteiger partial charge is 0.294 e. The number of benzene rings is 2. The highest BCUT2D eigenvalue weighted by molar-refractivity contribution is 6.22. The zero-order valence-electron chi connectivity index (χ0n) is 18.9. The molecule has 2 atom stereocenters. The number of anilines is 3. The average Bonchev–Trinajstić information content (AvgIpc) is 3.13. The van der Waals surface area contributed by atoms with Gasteiger partial charge >= 0.3 is 0 Å². The number of methoxy groups -OCH3 is 1. The van der Waals surface area contributed by atoms with E-state index in [2.05, 4.69) is 4.90 Å². The molecule has 0 N–H and O–H groups in total. The number of carbonyl (C=O) groups excluding carboxylic acids is 2. The number of nitro benzene ring substituents is 1. The third-order valence-electron chi connectivity index (χ3n) is 6.98. The summed E-state index contributed by atoms with van der Waals surface area (Å²) in [5.41, 5.74) is 1.76. The van der Waals surface area contributed by atoms with Gasteiger partial charge in [-0.3, -0.25) is 19.7 Å². The molecule has 0 spiro atoms. The molecule has 2 aromatic rings. The predicted octanol–water partition coefficient (Wildman–Crippen LogP) is 3.39. The fourth-order valence-electron chi connectivity index (χ4n) is 5.12. The maximum atomic E-state index is 12.9. The summed E-state index contributed by atoms with van der Waals surface area (Å²) in [6.07, 6.45) is 4.91. The van der Waals surface area contributed by atoms with Crippen LogP contribution in [-0.4, -0.2) is 50.0 Å². The van der Waals surface area contributed by atoms with Crippen molar-refractivity contribution in [2.45, 2.75) is 12.8 Å². The summed E-state index contributed by atoms with van der Waals surface area (Å²) in [6, 6.07) is 12.5. The van der Waals surface area contributed by atoms with Crippen molar-refractivity contribution in [2.24, 2.45) is 11.8 Å². The van der Waals surface area contributed by atoms with Gasteiger partial charge in [-0.1, -0.05) is 12.2 Å². The van der Waals surface area contributed by atoms with Crippen LogP contribution in [0.15, 0.2) is 54.6 Å². The molecule has 0 bridgehead atoms. The summed E-state index contributed by atoms with van der Waals surface area (Å²) in [6.45, 7) is 2.66. The fraction of sp³-hybridized carbons (Fsp3) is 0.360. The highest BCUT2D eigenvalue weighted by Gasteiger charge is 2.48. The number of hydrogen-bond acceptors (Lipinski definition) is 7. The van der Waals surface area contributed by atoms with Crippen molar-refractivity contribution < 1.29 is 19.2 Å². The van der Waals surface area contributed by atoms with Crippen molar-refractivity contribution >= 4 is 34.6 Å². The second-order valence-corrected chi connectivity index (χ2v) is 8.77. The van der Waals surface area contributed by atoms with E-state index in [0.29, 0.717) is 44.7 Å². The van der Waals surface area contributed by atoms with Gasteiger partial charge < -0.3 is 14.5 Å². The summed E-state index contributed by atoms with van der Waals surface area (Å²) in [7, 11) is 1.63. The van der Waals surface area contributed by atoms with Crippen LogP contribution in [0.3, 0.4) is 0 Å². The maximum Gasteiger partial charge on any atom is 0.294 e. The Labute approximate surface area is 197 Å². The van der Waals surface area contributed by atoms with Crippen LogP contribution < -0.4 is 19.4 Å². The van der Waals surface area contributed by atoms with Crippen molar-refractivity contribution in [1.82, 2.24) is 0 Å². The molecule has 176 valence electrons. The van der Waals surface area contributed by atoms with Gasteiger partial charge in [-0.25, -0.2) is 4.90 Å². The number of nitrogens with zero attached hydrogens (tertiary/aromatic N) is 4. The van der Waals surface area contributed by atoms with Crippen molar-refractivity contribution in [3.63, 3.8) is 0 Å². The quantitative estimate of drug-likeness (QED) is 0.291. The second-order valence-electron chi connectivity index (χ2n) is 8.77. The summed E-state index contributed by atoms with van der Waals surface area (Å²) in [4.78, 5) is 42.7. The monoisotopic (exact) mass is 462 g/mol. The number of piperazine rings is 1. The van der Waals surface area contributed by atoms with E-state index in [1.54, 1.807) is 19.2 Å². The second kappa shape index (κ2) is 8.81. The van der Waals surface area contributed by atoms with E-state index in [4.69, 9.17) is 4.74 Å². The summed E-state index contributed by atoms with van der Waals surface area (Å²) in [5, 5.41) is 12.0. The summed E-state index contributed by atoms with van der Waals surface area (Å²) in [5.74, 6) is -0.489. The van der Waals surface area contributed by atoms with Gasteiger partial charge in [-0.15, -0.1) is 0 Å². The molecular weight excluding hydrogens is 436 g/mol.